The number of ether oxygens (including phenoxy) is 1. The molecule has 10 heteroatoms. The third-order valence-corrected chi connectivity index (χ3v) is 6.64. The van der Waals surface area contributed by atoms with Gasteiger partial charge in [-0.25, -0.2) is 0 Å². The summed E-state index contributed by atoms with van der Waals surface area (Å²) in [5, 5.41) is 3.74. The first-order chi connectivity index (χ1) is 15.0. The number of morpholine rings is 1. The predicted octanol–water partition coefficient (Wildman–Crippen LogP) is 2.90. The molecule has 1 aliphatic heterocycles. The number of carbonyl (C=O) groups is 1. The predicted molar refractivity (Wildman–Crippen MR) is 122 cm³/mol. The first-order valence-corrected chi connectivity index (χ1v) is 11.7. The first kappa shape index (κ1) is 24.0. The van der Waals surface area contributed by atoms with Gasteiger partial charge in [0, 0.05) is 55.2 Å². The maximum atomic E-state index is 12.4. The van der Waals surface area contributed by atoms with E-state index < -0.39 is 11.3 Å². The molecular weight excluding hydrogens is 461 g/mol. The Hall–Kier alpha value is -1.68. The number of benzene rings is 2. The average molecular weight is 485 g/mol. The molecule has 3 rings (SSSR count). The molecule has 0 radical (unpaired) electrons. The fourth-order valence-electron chi connectivity index (χ4n) is 3.29. The van der Waals surface area contributed by atoms with Crippen molar-refractivity contribution in [2.75, 3.05) is 50.2 Å². The molecule has 0 bridgehead atoms. The molecule has 0 spiro atoms. The number of nitrogens with zero attached hydrogens (tertiary/aromatic N) is 2. The van der Waals surface area contributed by atoms with Crippen LogP contribution >= 0.6 is 23.2 Å². The fourth-order valence-corrected chi connectivity index (χ4v) is 4.24. The van der Waals surface area contributed by atoms with Crippen LogP contribution in [-0.2, 0) is 22.4 Å². The molecule has 31 heavy (non-hydrogen) atoms. The van der Waals surface area contributed by atoms with Gasteiger partial charge in [-0.15, -0.1) is 0 Å². The van der Waals surface area contributed by atoms with Crippen molar-refractivity contribution < 1.29 is 18.3 Å². The van der Waals surface area contributed by atoms with Crippen molar-refractivity contribution in [1.82, 2.24) is 10.2 Å². The van der Waals surface area contributed by atoms with Gasteiger partial charge < -0.3 is 18.9 Å². The molecule has 2 aromatic rings. The third-order valence-electron chi connectivity index (χ3n) is 5.03. The Morgan fingerprint density at radius 2 is 1.87 bits per heavy atom. The molecular formula is C21H24Cl2N3O4S-. The molecule has 7 nitrogen and oxygen atoms in total. The van der Waals surface area contributed by atoms with Crippen LogP contribution in [0.15, 0.2) is 42.5 Å². The van der Waals surface area contributed by atoms with Crippen LogP contribution in [0, 0.1) is 0 Å². The zero-order chi connectivity index (χ0) is 22.2. The van der Waals surface area contributed by atoms with Crippen LogP contribution in [0.5, 0.6) is 0 Å². The molecule has 1 aliphatic rings. The first-order valence-electron chi connectivity index (χ1n) is 9.94. The normalized spacial score (nSPS) is 15.5. The van der Waals surface area contributed by atoms with Gasteiger partial charge in [0.05, 0.1) is 23.3 Å². The minimum atomic E-state index is -2.47. The molecule has 1 fully saturated rings. The Morgan fingerprint density at radius 3 is 2.55 bits per heavy atom. The van der Waals surface area contributed by atoms with Gasteiger partial charge in [-0.2, -0.15) is 0 Å². The Kier molecular flexibility index (Phi) is 9.13. The van der Waals surface area contributed by atoms with Gasteiger partial charge in [-0.1, -0.05) is 35.3 Å². The van der Waals surface area contributed by atoms with Crippen LogP contribution in [0.1, 0.15) is 15.9 Å². The summed E-state index contributed by atoms with van der Waals surface area (Å²) in [4.78, 5) is 14.6. The lowest BCUT2D eigenvalue weighted by atomic mass is 10.1. The van der Waals surface area contributed by atoms with Crippen molar-refractivity contribution in [3.05, 3.63) is 63.6 Å². The number of anilines is 1. The van der Waals surface area contributed by atoms with E-state index in [4.69, 9.17) is 27.9 Å². The molecule has 168 valence electrons. The molecule has 1 atom stereocenters. The van der Waals surface area contributed by atoms with Crippen molar-refractivity contribution in [2.45, 2.75) is 6.42 Å². The van der Waals surface area contributed by atoms with E-state index in [0.29, 0.717) is 34.3 Å². The van der Waals surface area contributed by atoms with Crippen molar-refractivity contribution in [2.24, 2.45) is 0 Å². The highest BCUT2D eigenvalue weighted by Crippen LogP contribution is 2.26. The molecule has 0 aliphatic carbocycles. The van der Waals surface area contributed by atoms with E-state index in [1.165, 1.54) is 4.31 Å². The quantitative estimate of drug-likeness (QED) is 0.553. The summed E-state index contributed by atoms with van der Waals surface area (Å²) in [6.07, 6.45) is 0.400. The zero-order valence-corrected chi connectivity index (χ0v) is 19.2. The van der Waals surface area contributed by atoms with Gasteiger partial charge in [-0.05, 0) is 42.3 Å². The van der Waals surface area contributed by atoms with Crippen molar-refractivity contribution in [3.63, 3.8) is 0 Å². The molecule has 1 heterocycles. The third kappa shape index (κ3) is 6.90. The highest BCUT2D eigenvalue weighted by Gasteiger charge is 2.13. The highest BCUT2D eigenvalue weighted by molar-refractivity contribution is 7.80. The zero-order valence-electron chi connectivity index (χ0n) is 16.9. The molecule has 1 amide bonds. The van der Waals surface area contributed by atoms with E-state index in [9.17, 15) is 13.6 Å². The van der Waals surface area contributed by atoms with E-state index in [0.717, 1.165) is 38.4 Å². The van der Waals surface area contributed by atoms with Gasteiger partial charge in [-0.3, -0.25) is 13.9 Å². The van der Waals surface area contributed by atoms with E-state index in [-0.39, 0.29) is 12.5 Å². The second kappa shape index (κ2) is 11.8. The van der Waals surface area contributed by atoms with Crippen LogP contribution in [0.4, 0.5) is 5.69 Å². The molecule has 1 saturated heterocycles. The lowest BCUT2D eigenvalue weighted by Crippen LogP contribution is -2.41. The summed E-state index contributed by atoms with van der Waals surface area (Å²) >= 11 is 9.74. The molecule has 0 saturated carbocycles. The SMILES string of the molecule is O=C(NCCN1CCOCC1)c1ccc(N(CCc2cccc(Cl)c2Cl)S(=O)[O-])cc1. The number of nitrogens with one attached hydrogen (secondary N) is 1. The number of hydrogen-bond donors (Lipinski definition) is 1. The Labute approximate surface area is 194 Å². The minimum Gasteiger partial charge on any atom is -0.755 e. The fraction of sp³-hybridized carbons (Fsp3) is 0.381. The van der Waals surface area contributed by atoms with E-state index in [2.05, 4.69) is 10.2 Å². The summed E-state index contributed by atoms with van der Waals surface area (Å²) < 4.78 is 30.0. The smallest absolute Gasteiger partial charge is 0.251 e. The standard InChI is InChI=1S/C21H25Cl2N3O4S/c22-19-3-1-2-16(20(19)23)8-10-26(31(28)29)18-6-4-17(5-7-18)21(27)24-9-11-25-12-14-30-15-13-25/h1-7H,8-15H2,(H,24,27)(H,28,29)/p-1. The molecule has 0 aromatic heterocycles. The Bertz CT molecular complexity index is 908. The van der Waals surface area contributed by atoms with Crippen LogP contribution in [0.25, 0.3) is 0 Å². The van der Waals surface area contributed by atoms with Gasteiger partial charge in [0.15, 0.2) is 0 Å². The molecule has 1 unspecified atom stereocenters. The topological polar surface area (TPSA) is 84.9 Å². The highest BCUT2D eigenvalue weighted by atomic mass is 35.5. The van der Waals surface area contributed by atoms with Crippen molar-refractivity contribution in [3.8, 4) is 0 Å². The summed E-state index contributed by atoms with van der Waals surface area (Å²) in [7, 11) is 0. The average Bonchev–Trinajstić information content (AvgIpc) is 2.77. The largest absolute Gasteiger partial charge is 0.755 e. The van der Waals surface area contributed by atoms with Gasteiger partial charge in [0.25, 0.3) is 5.91 Å². The van der Waals surface area contributed by atoms with E-state index >= 15 is 0 Å². The number of amides is 1. The summed E-state index contributed by atoms with van der Waals surface area (Å²) in [5.74, 6) is -0.194. The van der Waals surface area contributed by atoms with Crippen molar-refractivity contribution >= 4 is 46.1 Å². The lowest BCUT2D eigenvalue weighted by Gasteiger charge is -2.27. The molecule has 1 N–H and O–H groups in total. The monoisotopic (exact) mass is 484 g/mol. The van der Waals surface area contributed by atoms with Gasteiger partial charge in [0.1, 0.15) is 0 Å². The van der Waals surface area contributed by atoms with Crippen molar-refractivity contribution in [1.29, 1.82) is 0 Å². The summed E-state index contributed by atoms with van der Waals surface area (Å²) in [5.41, 5.74) is 1.71. The maximum absolute atomic E-state index is 12.4. The van der Waals surface area contributed by atoms with Gasteiger partial charge >= 0.3 is 0 Å². The van der Waals surface area contributed by atoms with Gasteiger partial charge in [0.2, 0.25) is 0 Å². The van der Waals surface area contributed by atoms with Crippen LogP contribution in [0.2, 0.25) is 10.0 Å². The number of halogens is 2. The Balaban J connectivity index is 1.56. The van der Waals surface area contributed by atoms with E-state index in [1.54, 1.807) is 36.4 Å². The number of rotatable bonds is 9. The Morgan fingerprint density at radius 1 is 1.16 bits per heavy atom. The molecule has 2 aromatic carbocycles. The van der Waals surface area contributed by atoms with E-state index in [1.807, 2.05) is 6.07 Å². The summed E-state index contributed by atoms with van der Waals surface area (Å²) in [6.45, 7) is 4.68. The number of carbonyl (C=O) groups excluding carboxylic acids is 1. The van der Waals surface area contributed by atoms with Crippen LogP contribution in [0.3, 0.4) is 0 Å². The lowest BCUT2D eigenvalue weighted by molar-refractivity contribution is 0.0383. The second-order valence-electron chi connectivity index (χ2n) is 7.04. The second-order valence-corrected chi connectivity index (χ2v) is 8.70. The minimum absolute atomic E-state index is 0.194. The summed E-state index contributed by atoms with van der Waals surface area (Å²) in [6, 6.07) is 11.7. The van der Waals surface area contributed by atoms with Crippen LogP contribution < -0.4 is 9.62 Å². The van der Waals surface area contributed by atoms with Crippen LogP contribution in [-0.4, -0.2) is 65.5 Å². The maximum Gasteiger partial charge on any atom is 0.251 e. The number of hydrogen-bond acceptors (Lipinski definition) is 5.